The first-order valence-corrected chi connectivity index (χ1v) is 13.3. The van der Waals surface area contributed by atoms with Crippen LogP contribution in [0.3, 0.4) is 0 Å². The summed E-state index contributed by atoms with van der Waals surface area (Å²) in [6.45, 7) is 0. The number of amides is 2. The van der Waals surface area contributed by atoms with Crippen LogP contribution in [0.15, 0.2) is 51.3 Å². The zero-order chi connectivity index (χ0) is 24.8. The molecule has 35 heavy (non-hydrogen) atoms. The Morgan fingerprint density at radius 3 is 2.43 bits per heavy atom. The van der Waals surface area contributed by atoms with Gasteiger partial charge in [0.15, 0.2) is 15.8 Å². The summed E-state index contributed by atoms with van der Waals surface area (Å²) in [6, 6.07) is 12.7. The number of anilines is 2. The van der Waals surface area contributed by atoms with Gasteiger partial charge in [-0.15, -0.1) is 20.4 Å². The molecule has 14 heteroatoms. The van der Waals surface area contributed by atoms with Crippen LogP contribution in [0.2, 0.25) is 0 Å². The second-order valence-electron chi connectivity index (χ2n) is 6.62. The molecular formula is C21H17BrN6O4S3. The van der Waals surface area contributed by atoms with Gasteiger partial charge in [-0.1, -0.05) is 68.6 Å². The van der Waals surface area contributed by atoms with Gasteiger partial charge < -0.3 is 9.47 Å². The molecule has 2 amide bonds. The Hall–Kier alpha value is -3.07. The van der Waals surface area contributed by atoms with Gasteiger partial charge in [0.1, 0.15) is 5.01 Å². The van der Waals surface area contributed by atoms with Gasteiger partial charge in [0, 0.05) is 10.0 Å². The fraction of sp³-hybridized carbons (Fsp3) is 0.143. The minimum Gasteiger partial charge on any atom is -0.493 e. The SMILES string of the molecule is COc1cccc(C(=O)Nc2nnc(SCC(=O)Nc3nnc(-c4ccc(Br)cc4)s3)s2)c1OC. The predicted octanol–water partition coefficient (Wildman–Crippen LogP) is 4.82. The van der Waals surface area contributed by atoms with E-state index in [1.165, 1.54) is 37.3 Å². The van der Waals surface area contributed by atoms with E-state index < -0.39 is 5.91 Å². The lowest BCUT2D eigenvalue weighted by Crippen LogP contribution is -2.13. The summed E-state index contributed by atoms with van der Waals surface area (Å²) in [5, 5.41) is 23.0. The van der Waals surface area contributed by atoms with Crippen LogP contribution in [0.4, 0.5) is 10.3 Å². The summed E-state index contributed by atoms with van der Waals surface area (Å²) in [7, 11) is 2.96. The largest absolute Gasteiger partial charge is 0.493 e. The number of aromatic nitrogens is 4. The first kappa shape index (κ1) is 25.0. The van der Waals surface area contributed by atoms with Crippen LogP contribution in [0, 0.1) is 0 Å². The van der Waals surface area contributed by atoms with Crippen LogP contribution < -0.4 is 20.1 Å². The molecule has 4 aromatic rings. The molecule has 2 heterocycles. The number of carbonyl (C=O) groups is 2. The summed E-state index contributed by atoms with van der Waals surface area (Å²) in [5.41, 5.74) is 1.21. The maximum absolute atomic E-state index is 12.7. The van der Waals surface area contributed by atoms with Gasteiger partial charge in [-0.05, 0) is 24.3 Å². The summed E-state index contributed by atoms with van der Waals surface area (Å²) in [4.78, 5) is 25.0. The second-order valence-corrected chi connectivity index (χ2v) is 10.7. The Bertz CT molecular complexity index is 1350. The van der Waals surface area contributed by atoms with E-state index in [2.05, 4.69) is 47.0 Å². The number of methoxy groups -OCH3 is 2. The van der Waals surface area contributed by atoms with E-state index in [-0.39, 0.29) is 11.7 Å². The number of ether oxygens (including phenoxy) is 2. The average Bonchev–Trinajstić information content (AvgIpc) is 3.52. The third-order valence-corrected chi connectivity index (χ3v) is 7.75. The van der Waals surface area contributed by atoms with Crippen molar-refractivity contribution in [2.75, 3.05) is 30.6 Å². The minimum absolute atomic E-state index is 0.0967. The predicted molar refractivity (Wildman–Crippen MR) is 140 cm³/mol. The maximum atomic E-state index is 12.7. The van der Waals surface area contributed by atoms with Crippen molar-refractivity contribution in [1.82, 2.24) is 20.4 Å². The molecular weight excluding hydrogens is 576 g/mol. The van der Waals surface area contributed by atoms with Crippen molar-refractivity contribution in [2.45, 2.75) is 4.34 Å². The summed E-state index contributed by atoms with van der Waals surface area (Å²) < 4.78 is 12.0. The maximum Gasteiger partial charge on any atom is 0.261 e. The number of nitrogens with one attached hydrogen (secondary N) is 2. The zero-order valence-corrected chi connectivity index (χ0v) is 22.3. The first-order chi connectivity index (χ1) is 17.0. The molecule has 0 saturated heterocycles. The molecule has 0 atom stereocenters. The first-order valence-electron chi connectivity index (χ1n) is 9.84. The fourth-order valence-electron chi connectivity index (χ4n) is 2.81. The number of nitrogens with zero attached hydrogens (tertiary/aromatic N) is 4. The van der Waals surface area contributed by atoms with Gasteiger partial charge in [-0.2, -0.15) is 0 Å². The van der Waals surface area contributed by atoms with E-state index in [0.29, 0.717) is 36.7 Å². The molecule has 2 N–H and O–H groups in total. The summed E-state index contributed by atoms with van der Waals surface area (Å²) in [5.74, 6) is 0.196. The Balaban J connectivity index is 1.31. The van der Waals surface area contributed by atoms with Crippen LogP contribution in [0.1, 0.15) is 10.4 Å². The van der Waals surface area contributed by atoms with Crippen molar-refractivity contribution in [3.05, 3.63) is 52.5 Å². The van der Waals surface area contributed by atoms with E-state index in [4.69, 9.17) is 9.47 Å². The lowest BCUT2D eigenvalue weighted by atomic mass is 10.1. The molecule has 180 valence electrons. The highest BCUT2D eigenvalue weighted by atomic mass is 79.9. The topological polar surface area (TPSA) is 128 Å². The van der Waals surface area contributed by atoms with Crippen LogP contribution >= 0.6 is 50.4 Å². The van der Waals surface area contributed by atoms with Crippen molar-refractivity contribution in [3.8, 4) is 22.1 Å². The normalized spacial score (nSPS) is 10.6. The van der Waals surface area contributed by atoms with Crippen molar-refractivity contribution < 1.29 is 19.1 Å². The van der Waals surface area contributed by atoms with Gasteiger partial charge in [-0.3, -0.25) is 20.2 Å². The molecule has 0 radical (unpaired) electrons. The Morgan fingerprint density at radius 1 is 0.943 bits per heavy atom. The molecule has 0 bridgehead atoms. The lowest BCUT2D eigenvalue weighted by molar-refractivity contribution is -0.113. The van der Waals surface area contributed by atoms with Gasteiger partial charge in [0.05, 0.1) is 25.5 Å². The number of carbonyl (C=O) groups excluding carboxylic acids is 2. The lowest BCUT2D eigenvalue weighted by Gasteiger charge is -2.11. The monoisotopic (exact) mass is 592 g/mol. The third-order valence-electron chi connectivity index (χ3n) is 4.36. The minimum atomic E-state index is -0.413. The standard InChI is InChI=1S/C21H17BrN6O4S3/c1-31-14-5-3-4-13(16(14)32-2)17(30)24-20-27-28-21(35-20)33-10-15(29)23-19-26-25-18(34-19)11-6-8-12(22)9-7-11/h3-9H,10H2,1-2H3,(H,23,26,29)(H,24,27,30). The van der Waals surface area contributed by atoms with Crippen LogP contribution in [0.5, 0.6) is 11.5 Å². The van der Waals surface area contributed by atoms with Gasteiger partial charge in [0.2, 0.25) is 16.2 Å². The Labute approximate surface area is 220 Å². The van der Waals surface area contributed by atoms with Crippen molar-refractivity contribution in [3.63, 3.8) is 0 Å². The van der Waals surface area contributed by atoms with Gasteiger partial charge in [-0.25, -0.2) is 0 Å². The van der Waals surface area contributed by atoms with Gasteiger partial charge in [0.25, 0.3) is 5.91 Å². The molecule has 0 spiro atoms. The van der Waals surface area contributed by atoms with Crippen molar-refractivity contribution in [2.24, 2.45) is 0 Å². The molecule has 0 aliphatic heterocycles. The van der Waals surface area contributed by atoms with Gasteiger partial charge >= 0.3 is 0 Å². The molecule has 2 aromatic heterocycles. The highest BCUT2D eigenvalue weighted by molar-refractivity contribution is 9.10. The number of hydrogen-bond acceptors (Lipinski definition) is 11. The van der Waals surface area contributed by atoms with Crippen molar-refractivity contribution in [1.29, 1.82) is 0 Å². The Kier molecular flexibility index (Phi) is 8.28. The number of halogens is 1. The van der Waals surface area contributed by atoms with E-state index >= 15 is 0 Å². The fourth-order valence-corrected chi connectivity index (χ4v) is 5.39. The van der Waals surface area contributed by atoms with Crippen LogP contribution in [0.25, 0.3) is 10.6 Å². The second kappa shape index (κ2) is 11.6. The summed E-state index contributed by atoms with van der Waals surface area (Å²) >= 11 is 7.04. The van der Waals surface area contributed by atoms with E-state index in [0.717, 1.165) is 21.4 Å². The number of benzene rings is 2. The van der Waals surface area contributed by atoms with Crippen LogP contribution in [-0.2, 0) is 4.79 Å². The van der Waals surface area contributed by atoms with E-state index in [1.807, 2.05) is 24.3 Å². The zero-order valence-electron chi connectivity index (χ0n) is 18.3. The molecule has 0 aliphatic rings. The number of thioether (sulfide) groups is 1. The van der Waals surface area contributed by atoms with E-state index in [9.17, 15) is 9.59 Å². The highest BCUT2D eigenvalue weighted by Crippen LogP contribution is 2.32. The highest BCUT2D eigenvalue weighted by Gasteiger charge is 2.18. The number of hydrogen-bond donors (Lipinski definition) is 2. The Morgan fingerprint density at radius 2 is 1.69 bits per heavy atom. The molecule has 10 nitrogen and oxygen atoms in total. The average molecular weight is 594 g/mol. The van der Waals surface area contributed by atoms with Crippen molar-refractivity contribution >= 4 is 72.4 Å². The quantitative estimate of drug-likeness (QED) is 0.207. The molecule has 0 saturated carbocycles. The molecule has 2 aromatic carbocycles. The number of rotatable bonds is 9. The molecule has 0 fully saturated rings. The van der Waals surface area contributed by atoms with E-state index in [1.54, 1.807) is 18.2 Å². The molecule has 0 unspecified atom stereocenters. The smallest absolute Gasteiger partial charge is 0.261 e. The van der Waals surface area contributed by atoms with Crippen LogP contribution in [-0.4, -0.2) is 52.2 Å². The molecule has 4 rings (SSSR count). The summed E-state index contributed by atoms with van der Waals surface area (Å²) in [6.07, 6.45) is 0. The third kappa shape index (κ3) is 6.33. The number of para-hydroxylation sites is 1. The molecule has 0 aliphatic carbocycles.